The van der Waals surface area contributed by atoms with E-state index >= 15 is 0 Å². The molecule has 25 heavy (non-hydrogen) atoms. The van der Waals surface area contributed by atoms with Gasteiger partial charge in [0.2, 0.25) is 0 Å². The Morgan fingerprint density at radius 2 is 2.20 bits per heavy atom. The van der Waals surface area contributed by atoms with E-state index in [0.29, 0.717) is 29.3 Å². The highest BCUT2D eigenvalue weighted by Crippen LogP contribution is 2.35. The van der Waals surface area contributed by atoms with Crippen LogP contribution in [0.15, 0.2) is 30.3 Å². The number of carbonyl (C=O) groups excluding carboxylic acids is 1. The van der Waals surface area contributed by atoms with Crippen LogP contribution < -0.4 is 5.32 Å². The third-order valence-corrected chi connectivity index (χ3v) is 4.70. The third-order valence-electron chi connectivity index (χ3n) is 4.41. The zero-order chi connectivity index (χ0) is 17.4. The monoisotopic (exact) mass is 353 g/mol. The molecule has 3 aromatic rings. The quantitative estimate of drug-likeness (QED) is 0.691. The molecule has 1 aliphatic rings. The number of aromatic nitrogens is 4. The van der Waals surface area contributed by atoms with E-state index in [1.165, 1.54) is 0 Å². The van der Waals surface area contributed by atoms with Crippen LogP contribution in [0.3, 0.4) is 0 Å². The highest BCUT2D eigenvalue weighted by molar-refractivity contribution is 7.71. The molecular weight excluding hydrogens is 334 g/mol. The Labute approximate surface area is 150 Å². The zero-order valence-corrected chi connectivity index (χ0v) is 14.8. The molecule has 0 unspecified atom stereocenters. The van der Waals surface area contributed by atoms with Crippen LogP contribution in [0.25, 0.3) is 10.9 Å². The highest BCUT2D eigenvalue weighted by Gasteiger charge is 2.27. The molecule has 2 aromatic heterocycles. The van der Waals surface area contributed by atoms with E-state index in [4.69, 9.17) is 12.2 Å². The lowest BCUT2D eigenvalue weighted by atomic mass is 10.1. The van der Waals surface area contributed by atoms with Gasteiger partial charge in [-0.15, -0.1) is 0 Å². The van der Waals surface area contributed by atoms with Crippen molar-refractivity contribution in [3.05, 3.63) is 52.2 Å². The van der Waals surface area contributed by atoms with Crippen LogP contribution in [0.1, 0.15) is 40.8 Å². The largest absolute Gasteiger partial charge is 0.352 e. The minimum Gasteiger partial charge on any atom is -0.352 e. The van der Waals surface area contributed by atoms with Crippen molar-refractivity contribution in [2.45, 2.75) is 32.2 Å². The van der Waals surface area contributed by atoms with Gasteiger partial charge in [0, 0.05) is 30.1 Å². The van der Waals surface area contributed by atoms with Crippen molar-refractivity contribution in [2.75, 3.05) is 6.54 Å². The van der Waals surface area contributed by atoms with E-state index in [2.05, 4.69) is 25.1 Å². The second kappa shape index (κ2) is 6.40. The van der Waals surface area contributed by atoms with Crippen molar-refractivity contribution in [3.63, 3.8) is 0 Å². The van der Waals surface area contributed by atoms with Gasteiger partial charge in [0.1, 0.15) is 5.82 Å². The summed E-state index contributed by atoms with van der Waals surface area (Å²) in [6.07, 6.45) is 2.95. The van der Waals surface area contributed by atoms with Crippen LogP contribution >= 0.6 is 12.2 Å². The van der Waals surface area contributed by atoms with Crippen molar-refractivity contribution in [2.24, 2.45) is 0 Å². The molecule has 0 bridgehead atoms. The average Bonchev–Trinajstić information content (AvgIpc) is 3.37. The molecule has 0 aliphatic heterocycles. The molecule has 2 N–H and O–H groups in total. The SMILES string of the molecule is Cc1cc(C(=O)NCCc2n[nH]c(=S)n2C2CC2)c2ccccc2n1. The summed E-state index contributed by atoms with van der Waals surface area (Å²) in [7, 11) is 0. The van der Waals surface area contributed by atoms with Crippen LogP contribution in [0.5, 0.6) is 0 Å². The van der Waals surface area contributed by atoms with Gasteiger partial charge in [-0.2, -0.15) is 5.10 Å². The lowest BCUT2D eigenvalue weighted by Crippen LogP contribution is -2.27. The number of nitrogens with zero attached hydrogens (tertiary/aromatic N) is 3. The Morgan fingerprint density at radius 3 is 3.00 bits per heavy atom. The van der Waals surface area contributed by atoms with Gasteiger partial charge in [0.25, 0.3) is 5.91 Å². The predicted molar refractivity (Wildman–Crippen MR) is 98.2 cm³/mol. The van der Waals surface area contributed by atoms with Crippen LogP contribution in [0.4, 0.5) is 0 Å². The molecule has 0 spiro atoms. The molecular formula is C18H19N5OS. The van der Waals surface area contributed by atoms with Crippen molar-refractivity contribution in [1.82, 2.24) is 25.1 Å². The van der Waals surface area contributed by atoms with Crippen molar-refractivity contribution in [1.29, 1.82) is 0 Å². The molecule has 1 fully saturated rings. The smallest absolute Gasteiger partial charge is 0.252 e. The maximum absolute atomic E-state index is 12.6. The molecule has 7 heteroatoms. The molecule has 1 amide bonds. The number of hydrogen-bond acceptors (Lipinski definition) is 4. The number of H-pyrrole nitrogens is 1. The number of hydrogen-bond donors (Lipinski definition) is 2. The number of fused-ring (bicyclic) bond motifs is 1. The van der Waals surface area contributed by atoms with E-state index in [1.54, 1.807) is 0 Å². The summed E-state index contributed by atoms with van der Waals surface area (Å²) >= 11 is 5.29. The maximum Gasteiger partial charge on any atom is 0.252 e. The van der Waals surface area contributed by atoms with E-state index in [-0.39, 0.29) is 5.91 Å². The van der Waals surface area contributed by atoms with Crippen molar-refractivity contribution >= 4 is 29.0 Å². The molecule has 0 radical (unpaired) electrons. The van der Waals surface area contributed by atoms with Gasteiger partial charge in [0.05, 0.1) is 11.1 Å². The first-order chi connectivity index (χ1) is 12.1. The van der Waals surface area contributed by atoms with E-state index in [9.17, 15) is 4.79 Å². The van der Waals surface area contributed by atoms with Crippen LogP contribution in [-0.2, 0) is 6.42 Å². The van der Waals surface area contributed by atoms with Gasteiger partial charge in [-0.25, -0.2) is 0 Å². The molecule has 4 rings (SSSR count). The van der Waals surface area contributed by atoms with Crippen LogP contribution in [0, 0.1) is 11.7 Å². The second-order valence-corrected chi connectivity index (χ2v) is 6.77. The normalized spacial score (nSPS) is 14.0. The Balaban J connectivity index is 1.49. The first-order valence-electron chi connectivity index (χ1n) is 8.44. The Morgan fingerprint density at radius 1 is 1.40 bits per heavy atom. The Bertz CT molecular complexity index is 1000. The number of aromatic amines is 1. The third kappa shape index (κ3) is 3.19. The lowest BCUT2D eigenvalue weighted by molar-refractivity contribution is 0.0955. The standard InChI is InChI=1S/C18H19N5OS/c1-11-10-14(13-4-2-3-5-15(13)20-11)17(24)19-9-8-16-21-22-18(25)23(16)12-6-7-12/h2-5,10,12H,6-9H2,1H3,(H,19,24)(H,22,25). The number of pyridine rings is 1. The van der Waals surface area contributed by atoms with Gasteiger partial charge in [0.15, 0.2) is 4.77 Å². The number of amides is 1. The van der Waals surface area contributed by atoms with E-state index in [0.717, 1.165) is 35.3 Å². The van der Waals surface area contributed by atoms with Crippen LogP contribution in [0.2, 0.25) is 0 Å². The fourth-order valence-electron chi connectivity index (χ4n) is 3.10. The fourth-order valence-corrected chi connectivity index (χ4v) is 3.40. The number of aryl methyl sites for hydroxylation is 1. The van der Waals surface area contributed by atoms with Crippen LogP contribution in [-0.4, -0.2) is 32.2 Å². The molecule has 1 aromatic carbocycles. The minimum atomic E-state index is -0.0891. The van der Waals surface area contributed by atoms with Gasteiger partial charge in [-0.3, -0.25) is 14.9 Å². The van der Waals surface area contributed by atoms with Gasteiger partial charge < -0.3 is 9.88 Å². The fraction of sp³-hybridized carbons (Fsp3) is 0.333. The highest BCUT2D eigenvalue weighted by atomic mass is 32.1. The Kier molecular flexibility index (Phi) is 4.09. The minimum absolute atomic E-state index is 0.0891. The lowest BCUT2D eigenvalue weighted by Gasteiger charge is -2.09. The summed E-state index contributed by atoms with van der Waals surface area (Å²) in [5, 5.41) is 11.0. The van der Waals surface area contributed by atoms with Gasteiger partial charge in [-0.05, 0) is 44.1 Å². The predicted octanol–water partition coefficient (Wildman–Crippen LogP) is 3.10. The first-order valence-corrected chi connectivity index (χ1v) is 8.84. The molecule has 1 saturated carbocycles. The number of rotatable bonds is 5. The first kappa shape index (κ1) is 16.0. The van der Waals surface area contributed by atoms with Gasteiger partial charge in [-0.1, -0.05) is 18.2 Å². The maximum atomic E-state index is 12.6. The molecule has 1 aliphatic carbocycles. The average molecular weight is 353 g/mol. The molecule has 6 nitrogen and oxygen atoms in total. The second-order valence-electron chi connectivity index (χ2n) is 6.38. The van der Waals surface area contributed by atoms with Gasteiger partial charge >= 0.3 is 0 Å². The van der Waals surface area contributed by atoms with E-state index in [1.807, 2.05) is 37.3 Å². The number of benzene rings is 1. The molecule has 0 saturated heterocycles. The summed E-state index contributed by atoms with van der Waals surface area (Å²) in [6.45, 7) is 2.41. The summed E-state index contributed by atoms with van der Waals surface area (Å²) in [4.78, 5) is 17.1. The number of carbonyl (C=O) groups is 1. The van der Waals surface area contributed by atoms with E-state index < -0.39 is 0 Å². The zero-order valence-electron chi connectivity index (χ0n) is 14.0. The molecule has 2 heterocycles. The summed E-state index contributed by atoms with van der Waals surface area (Å²) in [5.41, 5.74) is 2.32. The van der Waals surface area contributed by atoms with Crippen molar-refractivity contribution < 1.29 is 4.79 Å². The number of nitrogens with one attached hydrogen (secondary N) is 2. The summed E-state index contributed by atoms with van der Waals surface area (Å²) in [5.74, 6) is 0.817. The summed E-state index contributed by atoms with van der Waals surface area (Å²) in [6, 6.07) is 10.0. The van der Waals surface area contributed by atoms with Crippen molar-refractivity contribution in [3.8, 4) is 0 Å². The summed E-state index contributed by atoms with van der Waals surface area (Å²) < 4.78 is 2.74. The molecule has 0 atom stereocenters. The number of para-hydroxylation sites is 1. The topological polar surface area (TPSA) is 75.6 Å². The Hall–Kier alpha value is -2.54. The molecule has 128 valence electrons.